The number of nitrogens with zero attached hydrogens (tertiary/aromatic N) is 3. The van der Waals surface area contributed by atoms with Crippen molar-refractivity contribution in [1.29, 1.82) is 0 Å². The van der Waals surface area contributed by atoms with Gasteiger partial charge in [-0.2, -0.15) is 0 Å². The van der Waals surface area contributed by atoms with Crippen molar-refractivity contribution >= 4 is 54.0 Å². The van der Waals surface area contributed by atoms with E-state index in [1.165, 1.54) is 35.8 Å². The Hall–Kier alpha value is -2.23. The highest BCUT2D eigenvalue weighted by Gasteiger charge is 2.27. The highest BCUT2D eigenvalue weighted by atomic mass is 35.5. The molecule has 0 unspecified atom stereocenters. The van der Waals surface area contributed by atoms with E-state index in [9.17, 15) is 17.6 Å². The summed E-state index contributed by atoms with van der Waals surface area (Å²) in [6.45, 7) is 1.90. The second-order valence-corrected chi connectivity index (χ2v) is 10.2. The molecule has 0 atom stereocenters. The molecule has 2 aromatic carbocycles. The molecule has 29 heavy (non-hydrogen) atoms. The Morgan fingerprint density at radius 1 is 1.17 bits per heavy atom. The number of carbonyl (C=O) groups is 1. The minimum Gasteiger partial charge on any atom is -0.345 e. The second kappa shape index (κ2) is 7.55. The molecule has 0 saturated carbocycles. The van der Waals surface area contributed by atoms with Crippen LogP contribution >= 0.6 is 22.9 Å². The van der Waals surface area contributed by atoms with Gasteiger partial charge in [-0.05, 0) is 30.3 Å². The van der Waals surface area contributed by atoms with Crippen molar-refractivity contribution < 1.29 is 17.6 Å². The summed E-state index contributed by atoms with van der Waals surface area (Å²) in [7, 11) is -3.28. The van der Waals surface area contributed by atoms with Crippen LogP contribution in [-0.4, -0.2) is 56.6 Å². The molecule has 1 aliphatic rings. The average Bonchev–Trinajstić information content (AvgIpc) is 3.10. The van der Waals surface area contributed by atoms with Crippen LogP contribution in [0.25, 0.3) is 10.2 Å². The van der Waals surface area contributed by atoms with Gasteiger partial charge in [0.25, 0.3) is 5.91 Å². The van der Waals surface area contributed by atoms with Gasteiger partial charge in [-0.1, -0.05) is 29.0 Å². The normalized spacial score (nSPS) is 15.1. The van der Waals surface area contributed by atoms with Crippen LogP contribution in [0.15, 0.2) is 41.3 Å². The van der Waals surface area contributed by atoms with Crippen LogP contribution in [0.3, 0.4) is 0 Å². The molecule has 4 rings (SSSR count). The molecule has 2 heterocycles. The molecule has 1 aromatic heterocycles. The molecule has 6 nitrogen and oxygen atoms in total. The number of aromatic nitrogens is 1. The summed E-state index contributed by atoms with van der Waals surface area (Å²) in [5.41, 5.74) is 0.630. The van der Waals surface area contributed by atoms with E-state index in [0.717, 1.165) is 15.3 Å². The van der Waals surface area contributed by atoms with Crippen molar-refractivity contribution in [2.24, 2.45) is 0 Å². The number of amides is 1. The summed E-state index contributed by atoms with van der Waals surface area (Å²) in [5, 5.41) is 0.868. The van der Waals surface area contributed by atoms with Gasteiger partial charge in [0.1, 0.15) is 5.82 Å². The van der Waals surface area contributed by atoms with Gasteiger partial charge < -0.3 is 9.80 Å². The first-order valence-corrected chi connectivity index (χ1v) is 11.9. The predicted molar refractivity (Wildman–Crippen MR) is 112 cm³/mol. The lowest BCUT2D eigenvalue weighted by Gasteiger charge is -2.34. The summed E-state index contributed by atoms with van der Waals surface area (Å²) < 4.78 is 38.3. The standard InChI is InChI=1S/C19H17ClFN3O3S2/c1-29(26,27)12-5-6-15-16(11-12)28-19(22-15)24-9-7-23(8-10-24)18(25)17-13(20)3-2-4-14(17)21/h2-6,11H,7-10H2,1H3. The van der Waals surface area contributed by atoms with Crippen LogP contribution in [0.1, 0.15) is 10.4 Å². The number of piperazine rings is 1. The summed E-state index contributed by atoms with van der Waals surface area (Å²) in [5.74, 6) is -1.05. The summed E-state index contributed by atoms with van der Waals surface area (Å²) in [4.78, 5) is 21.1. The fourth-order valence-corrected chi connectivity index (χ4v) is 5.24. The van der Waals surface area contributed by atoms with Crippen LogP contribution in [0.2, 0.25) is 5.02 Å². The van der Waals surface area contributed by atoms with E-state index in [2.05, 4.69) is 4.98 Å². The first-order chi connectivity index (χ1) is 13.7. The number of benzene rings is 2. The average molecular weight is 454 g/mol. The quantitative estimate of drug-likeness (QED) is 0.607. The first-order valence-electron chi connectivity index (χ1n) is 8.83. The number of sulfone groups is 1. The Kier molecular flexibility index (Phi) is 5.22. The fraction of sp³-hybridized carbons (Fsp3) is 0.263. The molecule has 3 aromatic rings. The Morgan fingerprint density at radius 3 is 2.55 bits per heavy atom. The van der Waals surface area contributed by atoms with Gasteiger partial charge in [0, 0.05) is 32.4 Å². The maximum atomic E-state index is 14.0. The Bertz CT molecular complexity index is 1180. The lowest BCUT2D eigenvalue weighted by molar-refractivity contribution is 0.0742. The third-order valence-electron chi connectivity index (χ3n) is 4.79. The van der Waals surface area contributed by atoms with Crippen molar-refractivity contribution in [3.63, 3.8) is 0 Å². The van der Waals surface area contributed by atoms with Gasteiger partial charge in [0.15, 0.2) is 15.0 Å². The lowest BCUT2D eigenvalue weighted by atomic mass is 10.1. The zero-order valence-electron chi connectivity index (χ0n) is 15.4. The van der Waals surface area contributed by atoms with Crippen molar-refractivity contribution in [3.8, 4) is 0 Å². The molecular weight excluding hydrogens is 437 g/mol. The van der Waals surface area contributed by atoms with Gasteiger partial charge in [-0.15, -0.1) is 0 Å². The van der Waals surface area contributed by atoms with Crippen LogP contribution < -0.4 is 4.90 Å². The number of anilines is 1. The molecule has 0 aliphatic carbocycles. The van der Waals surface area contributed by atoms with E-state index in [1.807, 2.05) is 4.90 Å². The number of halogens is 2. The SMILES string of the molecule is CS(=O)(=O)c1ccc2nc(N3CCN(C(=O)c4c(F)cccc4Cl)CC3)sc2c1. The molecule has 1 amide bonds. The predicted octanol–water partition coefficient (Wildman–Crippen LogP) is 3.45. The maximum Gasteiger partial charge on any atom is 0.258 e. The topological polar surface area (TPSA) is 70.6 Å². The van der Waals surface area contributed by atoms with Gasteiger partial charge in [-0.3, -0.25) is 4.79 Å². The van der Waals surface area contributed by atoms with E-state index < -0.39 is 21.6 Å². The number of hydrogen-bond acceptors (Lipinski definition) is 6. The van der Waals surface area contributed by atoms with E-state index >= 15 is 0 Å². The Balaban J connectivity index is 1.50. The number of rotatable bonds is 3. The Morgan fingerprint density at radius 2 is 1.90 bits per heavy atom. The summed E-state index contributed by atoms with van der Waals surface area (Å²) in [6.07, 6.45) is 1.17. The largest absolute Gasteiger partial charge is 0.345 e. The van der Waals surface area contributed by atoms with E-state index in [4.69, 9.17) is 11.6 Å². The van der Waals surface area contributed by atoms with Gasteiger partial charge in [-0.25, -0.2) is 17.8 Å². The van der Waals surface area contributed by atoms with Crippen LogP contribution in [-0.2, 0) is 9.84 Å². The van der Waals surface area contributed by atoms with Gasteiger partial charge >= 0.3 is 0 Å². The summed E-state index contributed by atoms with van der Waals surface area (Å²) >= 11 is 7.42. The Labute approximate surface area is 176 Å². The molecule has 0 spiro atoms. The van der Waals surface area contributed by atoms with Gasteiger partial charge in [0.2, 0.25) is 0 Å². The third kappa shape index (κ3) is 3.94. The fourth-order valence-electron chi connectivity index (χ4n) is 3.22. The molecular formula is C19H17ClFN3O3S2. The van der Waals surface area contributed by atoms with Crippen LogP contribution in [0.5, 0.6) is 0 Å². The molecule has 0 bridgehead atoms. The number of hydrogen-bond donors (Lipinski definition) is 0. The van der Waals surface area contributed by atoms with Crippen molar-refractivity contribution in [3.05, 3.63) is 52.8 Å². The van der Waals surface area contributed by atoms with Crippen molar-refractivity contribution in [2.45, 2.75) is 4.90 Å². The number of carbonyl (C=O) groups excluding carboxylic acids is 1. The highest BCUT2D eigenvalue weighted by Crippen LogP contribution is 2.31. The van der Waals surface area contributed by atoms with Crippen LogP contribution in [0.4, 0.5) is 9.52 Å². The third-order valence-corrected chi connectivity index (χ3v) is 7.29. The summed E-state index contributed by atoms with van der Waals surface area (Å²) in [6, 6.07) is 9.07. The van der Waals surface area contributed by atoms with E-state index in [-0.39, 0.29) is 15.5 Å². The molecule has 10 heteroatoms. The zero-order chi connectivity index (χ0) is 20.8. The maximum absolute atomic E-state index is 14.0. The first kappa shape index (κ1) is 20.1. The minimum atomic E-state index is -3.28. The number of fused-ring (bicyclic) bond motifs is 1. The smallest absolute Gasteiger partial charge is 0.258 e. The minimum absolute atomic E-state index is 0.101. The van der Waals surface area contributed by atoms with Crippen LogP contribution in [0, 0.1) is 5.82 Å². The lowest BCUT2D eigenvalue weighted by Crippen LogP contribution is -2.49. The van der Waals surface area contributed by atoms with Crippen molar-refractivity contribution in [2.75, 3.05) is 37.3 Å². The zero-order valence-corrected chi connectivity index (χ0v) is 17.8. The monoisotopic (exact) mass is 453 g/mol. The van der Waals surface area contributed by atoms with Gasteiger partial charge in [0.05, 0.1) is 25.7 Å². The molecule has 1 fully saturated rings. The molecule has 0 radical (unpaired) electrons. The molecule has 1 aliphatic heterocycles. The number of thiazole rings is 1. The van der Waals surface area contributed by atoms with E-state index in [1.54, 1.807) is 23.1 Å². The highest BCUT2D eigenvalue weighted by molar-refractivity contribution is 7.90. The second-order valence-electron chi connectivity index (χ2n) is 6.77. The molecule has 1 saturated heterocycles. The molecule has 0 N–H and O–H groups in total. The van der Waals surface area contributed by atoms with Crippen molar-refractivity contribution in [1.82, 2.24) is 9.88 Å². The molecule has 152 valence electrons. The van der Waals surface area contributed by atoms with E-state index in [0.29, 0.717) is 26.2 Å².